The Morgan fingerprint density at radius 2 is 1.09 bits per heavy atom. The second kappa shape index (κ2) is 21.1. The lowest BCUT2D eigenvalue weighted by molar-refractivity contribution is -0.570. The van der Waals surface area contributed by atoms with Crippen LogP contribution in [-0.4, -0.2) is 14.1 Å². The number of pyridine rings is 1. The molecule has 0 fully saturated rings. The molecule has 2 aliphatic rings. The fourth-order valence-electron chi connectivity index (χ4n) is 13.7. The second-order valence-corrected chi connectivity index (χ2v) is 26.1. The van der Waals surface area contributed by atoms with Gasteiger partial charge in [0, 0.05) is 31.3 Å². The Kier molecular flexibility index (Phi) is 9.04. The molecule has 4 heterocycles. The number of nitrogens with zero attached hydrogens (tertiary/aromatic N) is 4. The Morgan fingerprint density at radius 3 is 1.77 bits per heavy atom. The zero-order valence-electron chi connectivity index (χ0n) is 70.3. The molecule has 442 valence electrons. The number of ether oxygens (including phenoxy) is 1. The number of aryl methyl sites for hydroxylation is 2. The van der Waals surface area contributed by atoms with Gasteiger partial charge in [-0.1, -0.05) is 206 Å². The third-order valence-corrected chi connectivity index (χ3v) is 18.5. The van der Waals surface area contributed by atoms with Crippen molar-refractivity contribution >= 4 is 32.8 Å². The predicted octanol–water partition coefficient (Wildman–Crippen LogP) is 22.2. The summed E-state index contributed by atoms with van der Waals surface area (Å²) in [5.41, 5.74) is 6.11. The highest BCUT2D eigenvalue weighted by molar-refractivity contribution is 6.10. The van der Waals surface area contributed by atoms with Crippen LogP contribution in [0.15, 0.2) is 249 Å². The van der Waals surface area contributed by atoms with Gasteiger partial charge in [0.2, 0.25) is 0 Å². The topological polar surface area (TPSA) is 35.9 Å². The minimum Gasteiger partial charge on any atom is -0.458 e. The van der Waals surface area contributed by atoms with Crippen LogP contribution in [0, 0.1) is 20.0 Å². The van der Waals surface area contributed by atoms with E-state index < -0.39 is 115 Å². The van der Waals surface area contributed by atoms with E-state index >= 15 is 0 Å². The van der Waals surface area contributed by atoms with Gasteiger partial charge < -0.3 is 4.74 Å². The quantitative estimate of drug-likeness (QED) is 0.112. The molecule has 3 aromatic heterocycles. The Hall–Kier alpha value is -10.4. The summed E-state index contributed by atoms with van der Waals surface area (Å²) in [6.07, 6.45) is 7.25. The van der Waals surface area contributed by atoms with E-state index in [4.69, 9.17) is 17.9 Å². The maximum absolute atomic E-state index is 10.5. The molecule has 16 rings (SSSR count). The predicted molar refractivity (Wildman–Crippen MR) is 377 cm³/mol. The van der Waals surface area contributed by atoms with Gasteiger partial charge in [-0.05, 0) is 227 Å². The van der Waals surface area contributed by atoms with Crippen LogP contribution < -0.4 is 9.30 Å². The zero-order chi connectivity index (χ0) is 78.4. The van der Waals surface area contributed by atoms with Crippen molar-refractivity contribution in [3.05, 3.63) is 283 Å². The fourth-order valence-corrected chi connectivity index (χ4v) is 13.7. The lowest BCUT2D eigenvalue weighted by Gasteiger charge is -2.42. The average Bonchev–Trinajstić information content (AvgIpc) is 1.66. The van der Waals surface area contributed by atoms with Gasteiger partial charge in [0.05, 0.1) is 51.3 Å². The van der Waals surface area contributed by atoms with E-state index in [1.807, 2.05) is 79.0 Å². The third kappa shape index (κ3) is 9.43. The molecule has 0 radical (unpaired) electrons. The maximum atomic E-state index is 10.5. The number of benzene rings is 11. The van der Waals surface area contributed by atoms with Gasteiger partial charge in [-0.2, -0.15) is 0 Å². The minimum atomic E-state index is -2.88. The maximum Gasteiger partial charge on any atom is 0.269 e. The van der Waals surface area contributed by atoms with E-state index in [0.29, 0.717) is 62.0 Å². The molecule has 0 bridgehead atoms. The van der Waals surface area contributed by atoms with Crippen molar-refractivity contribution < 1.29 is 35.3 Å². The molecule has 1 aliphatic carbocycles. The number of hydrogen-bond donors (Lipinski definition) is 0. The molecule has 0 unspecified atom stereocenters. The van der Waals surface area contributed by atoms with Crippen LogP contribution in [-0.2, 0) is 16.2 Å². The first-order chi connectivity index (χ1) is 51.9. The van der Waals surface area contributed by atoms with Gasteiger partial charge in [0.1, 0.15) is 17.3 Å². The van der Waals surface area contributed by atoms with Crippen LogP contribution in [0.2, 0.25) is 0 Å². The summed E-state index contributed by atoms with van der Waals surface area (Å²) in [4.78, 5) is 4.91. The number of para-hydroxylation sites is 2. The van der Waals surface area contributed by atoms with Gasteiger partial charge in [0.15, 0.2) is 0 Å². The molecule has 5 heteroatoms. The molecule has 0 amide bonds. The zero-order valence-corrected chi connectivity index (χ0v) is 51.3. The first-order valence-electron chi connectivity index (χ1n) is 40.1. The van der Waals surface area contributed by atoms with E-state index in [1.54, 1.807) is 51.6 Å². The van der Waals surface area contributed by atoms with Crippen LogP contribution in [0.1, 0.15) is 115 Å². The Balaban J connectivity index is 1.06. The fraction of sp³-hybridized carbons (Fsp3) is 0.163. The smallest absolute Gasteiger partial charge is 0.269 e. The summed E-state index contributed by atoms with van der Waals surface area (Å²) >= 11 is 0. The molecular weight excluding hydrogens is 1100 g/mol. The molecule has 14 aromatic rings. The lowest BCUT2D eigenvalue weighted by Crippen LogP contribution is -2.34. The van der Waals surface area contributed by atoms with Gasteiger partial charge in [-0.3, -0.25) is 13.7 Å². The van der Waals surface area contributed by atoms with Crippen molar-refractivity contribution in [2.45, 2.75) is 91.3 Å². The van der Waals surface area contributed by atoms with Crippen molar-refractivity contribution in [3.63, 3.8) is 0 Å². The van der Waals surface area contributed by atoms with Crippen LogP contribution in [0.5, 0.6) is 11.5 Å². The molecule has 91 heavy (non-hydrogen) atoms. The van der Waals surface area contributed by atoms with E-state index in [2.05, 4.69) is 89.7 Å². The summed E-state index contributed by atoms with van der Waals surface area (Å²) in [5, 5.41) is 1.96. The van der Waals surface area contributed by atoms with E-state index in [-0.39, 0.29) is 55.1 Å². The highest BCUT2D eigenvalue weighted by Crippen LogP contribution is 2.53. The molecule has 0 saturated carbocycles. The van der Waals surface area contributed by atoms with Gasteiger partial charge in [0.25, 0.3) is 6.33 Å². The Morgan fingerprint density at radius 1 is 0.505 bits per heavy atom. The van der Waals surface area contributed by atoms with Gasteiger partial charge in [-0.15, -0.1) is 0 Å². The van der Waals surface area contributed by atoms with Crippen LogP contribution in [0.4, 0.5) is 0 Å². The molecule has 0 saturated heterocycles. The number of aromatic nitrogens is 4. The van der Waals surface area contributed by atoms with Gasteiger partial charge >= 0.3 is 0 Å². The van der Waals surface area contributed by atoms with E-state index in [0.717, 1.165) is 56.9 Å². The highest BCUT2D eigenvalue weighted by atomic mass is 16.5. The molecular formula is C86H72N4O. The number of hydrogen-bond acceptors (Lipinski definition) is 2. The summed E-state index contributed by atoms with van der Waals surface area (Å²) in [6, 6.07) is 40.3. The average molecular weight is 1200 g/mol. The normalized spacial score (nSPS) is 17.1. The highest BCUT2D eigenvalue weighted by Gasteiger charge is 2.39. The van der Waals surface area contributed by atoms with Crippen LogP contribution >= 0.6 is 0 Å². The third-order valence-electron chi connectivity index (χ3n) is 18.5. The molecule has 1 aliphatic heterocycles. The SMILES string of the molecule is [2H]c1c([2H])c([2H])c(-c2c([2H])c(-c3cc4c5c(c3)n(-c3cccc(Oc6ccc7c8ccccc8n(-c8cc(C(C)(C)C)ccn8)c7c6)c3)[c-][n+]5-c3c(cccc3-c3c(C([2H])([2H])[2H])cccc3C([2H])([2H])[2H])-c3cc5c(cc3-c3ccccc3-4)C(C)(C)CCC5(C)C)c([2H])c(-c3c([2H])c([2H])c([2H])c([2H])c3[2H])c2[2H])c([2H])c1[2H]. The minimum absolute atomic E-state index is 0.0387. The first kappa shape index (κ1) is 38.9. The van der Waals surface area contributed by atoms with Crippen molar-refractivity contribution in [2.24, 2.45) is 0 Å². The van der Waals surface area contributed by atoms with Crippen molar-refractivity contribution in [3.8, 4) is 107 Å². The first-order valence-corrected chi connectivity index (χ1v) is 30.6. The summed E-state index contributed by atoms with van der Waals surface area (Å²) in [7, 11) is 0. The van der Waals surface area contributed by atoms with Crippen molar-refractivity contribution in [1.82, 2.24) is 14.1 Å². The number of imidazole rings is 1. The largest absolute Gasteiger partial charge is 0.458 e. The Labute approximate surface area is 560 Å². The summed E-state index contributed by atoms with van der Waals surface area (Å²) < 4.78 is 189. The molecule has 0 atom stereocenters. The van der Waals surface area contributed by atoms with Crippen molar-refractivity contribution in [2.75, 3.05) is 0 Å². The standard InChI is InChI=1S/C86H72N4O/c1-54-23-20-24-55(2)81(54)71-35-22-34-70-73-52-76-75(85(6,7)40-41-86(76,8)9)51-72(73)66-31-16-17-32-67(66)74-46-61(60-44-58(56-25-12-10-13-26-56)43-59(45-60)57-27-14-11-15-28-57)47-79-83(74)89(82(70)71)53-88(79)63-29-21-30-64(49-63)91-65-37-38-69-68-33-18-19-36-77(68)90(78(69)50-65)80-48-62(39-42-87-80)84(3,4)5/h10-39,42-52H,40-41H2,1-9H3/i1D3,2D3,10D,11D,12D,13D,14D,15D,25D,26D,27D,28D,43D,44D,45D. The summed E-state index contributed by atoms with van der Waals surface area (Å²) in [6.45, 7) is 9.57. The Bertz CT molecular complexity index is 6150. The van der Waals surface area contributed by atoms with E-state index in [9.17, 15) is 17.8 Å². The molecule has 5 nitrogen and oxygen atoms in total. The van der Waals surface area contributed by atoms with Crippen LogP contribution in [0.25, 0.3) is 128 Å². The van der Waals surface area contributed by atoms with E-state index in [1.165, 1.54) is 18.2 Å². The number of fused-ring (bicyclic) bond motifs is 11. The monoisotopic (exact) mass is 1200 g/mol. The lowest BCUT2D eigenvalue weighted by atomic mass is 9.62. The molecule has 0 N–H and O–H groups in total. The van der Waals surface area contributed by atoms with Crippen LogP contribution in [0.3, 0.4) is 0 Å². The molecule has 11 aromatic carbocycles. The summed E-state index contributed by atoms with van der Waals surface area (Å²) in [5.74, 6) is 1.52. The van der Waals surface area contributed by atoms with Gasteiger partial charge in [-0.25, -0.2) is 4.98 Å². The second-order valence-electron chi connectivity index (χ2n) is 26.1. The number of rotatable bonds is 8. The molecule has 0 spiro atoms. The van der Waals surface area contributed by atoms with Crippen molar-refractivity contribution in [1.29, 1.82) is 0 Å².